The third-order valence-corrected chi connectivity index (χ3v) is 1.51. The second kappa shape index (κ2) is 4.74. The van der Waals surface area contributed by atoms with E-state index in [2.05, 4.69) is 11.3 Å². The van der Waals surface area contributed by atoms with Crippen molar-refractivity contribution in [1.29, 1.82) is 0 Å². The van der Waals surface area contributed by atoms with Crippen LogP contribution in [0.1, 0.15) is 0 Å². The van der Waals surface area contributed by atoms with Gasteiger partial charge in [0.1, 0.15) is 6.23 Å². The third-order valence-electron chi connectivity index (χ3n) is 1.51. The topological polar surface area (TPSA) is 53.0 Å². The fourth-order valence-corrected chi connectivity index (χ4v) is 0.591. The molecule has 12 heavy (non-hydrogen) atoms. The SMILES string of the molecule is C=CC(O)N(C)N(C)C(=O)OC. The molecule has 0 saturated heterocycles. The van der Waals surface area contributed by atoms with Gasteiger partial charge in [0, 0.05) is 14.1 Å². The molecule has 1 amide bonds. The molecular formula is C7H14N2O3. The van der Waals surface area contributed by atoms with Gasteiger partial charge in [0.15, 0.2) is 0 Å². The van der Waals surface area contributed by atoms with Crippen LogP contribution in [-0.4, -0.2) is 48.7 Å². The summed E-state index contributed by atoms with van der Waals surface area (Å²) in [5.41, 5.74) is 0. The zero-order chi connectivity index (χ0) is 9.72. The molecule has 70 valence electrons. The number of likely N-dealkylation sites (N-methyl/N-ethyl adjacent to an activating group) is 1. The van der Waals surface area contributed by atoms with Gasteiger partial charge in [0.25, 0.3) is 0 Å². The standard InChI is InChI=1S/C7H14N2O3/c1-5-6(10)8(2)9(3)7(11)12-4/h5-6,10H,1H2,2-4H3. The molecule has 1 N–H and O–H groups in total. The van der Waals surface area contributed by atoms with E-state index in [0.29, 0.717) is 0 Å². The Morgan fingerprint density at radius 1 is 1.67 bits per heavy atom. The van der Waals surface area contributed by atoms with Gasteiger partial charge in [-0.25, -0.2) is 9.80 Å². The van der Waals surface area contributed by atoms with E-state index in [1.807, 2.05) is 0 Å². The number of hydrazine groups is 1. The Hall–Kier alpha value is -1.07. The normalized spacial score (nSPS) is 12.4. The highest BCUT2D eigenvalue weighted by Crippen LogP contribution is 1.99. The van der Waals surface area contributed by atoms with Gasteiger partial charge in [-0.1, -0.05) is 6.58 Å². The number of rotatable bonds is 3. The number of carbonyl (C=O) groups excluding carboxylic acids is 1. The summed E-state index contributed by atoms with van der Waals surface area (Å²) in [6.45, 7) is 3.38. The summed E-state index contributed by atoms with van der Waals surface area (Å²) in [6.07, 6.45) is -0.133. The second-order valence-corrected chi connectivity index (χ2v) is 2.22. The molecule has 5 heteroatoms. The van der Waals surface area contributed by atoms with Crippen molar-refractivity contribution in [2.75, 3.05) is 21.2 Å². The minimum atomic E-state index is -0.894. The molecule has 0 rings (SSSR count). The van der Waals surface area contributed by atoms with E-state index in [9.17, 15) is 9.90 Å². The molecule has 0 saturated carbocycles. The van der Waals surface area contributed by atoms with E-state index in [-0.39, 0.29) is 0 Å². The Labute approximate surface area is 71.8 Å². The molecule has 0 heterocycles. The highest BCUT2D eigenvalue weighted by Gasteiger charge is 2.17. The maximum atomic E-state index is 10.9. The number of ether oxygens (including phenoxy) is 1. The summed E-state index contributed by atoms with van der Waals surface area (Å²) in [5, 5.41) is 11.6. The summed E-state index contributed by atoms with van der Waals surface area (Å²) in [5.74, 6) is 0. The van der Waals surface area contributed by atoms with Gasteiger partial charge in [0.2, 0.25) is 0 Å². The number of methoxy groups -OCH3 is 1. The average Bonchev–Trinajstić information content (AvgIpc) is 2.12. The first-order valence-corrected chi connectivity index (χ1v) is 3.39. The number of hydrogen-bond acceptors (Lipinski definition) is 4. The highest BCUT2D eigenvalue weighted by molar-refractivity contribution is 5.66. The molecule has 0 aliphatic carbocycles. The molecule has 1 unspecified atom stereocenters. The number of carbonyl (C=O) groups is 1. The molecule has 0 radical (unpaired) electrons. The van der Waals surface area contributed by atoms with E-state index in [4.69, 9.17) is 0 Å². The van der Waals surface area contributed by atoms with E-state index < -0.39 is 12.3 Å². The number of hydrogen-bond donors (Lipinski definition) is 1. The van der Waals surface area contributed by atoms with Crippen LogP contribution in [0.5, 0.6) is 0 Å². The lowest BCUT2D eigenvalue weighted by molar-refractivity contribution is -0.0703. The molecule has 0 aromatic carbocycles. The van der Waals surface area contributed by atoms with Gasteiger partial charge in [-0.3, -0.25) is 0 Å². The lowest BCUT2D eigenvalue weighted by Gasteiger charge is -2.29. The molecule has 0 aromatic rings. The lowest BCUT2D eigenvalue weighted by Crippen LogP contribution is -2.46. The van der Waals surface area contributed by atoms with Crippen LogP contribution < -0.4 is 0 Å². The van der Waals surface area contributed by atoms with Gasteiger partial charge < -0.3 is 9.84 Å². The van der Waals surface area contributed by atoms with Gasteiger partial charge >= 0.3 is 6.09 Å². The fourth-order valence-electron chi connectivity index (χ4n) is 0.591. The molecule has 0 spiro atoms. The second-order valence-electron chi connectivity index (χ2n) is 2.22. The molecule has 0 aliphatic rings. The monoisotopic (exact) mass is 174 g/mol. The molecular weight excluding hydrogens is 160 g/mol. The Kier molecular flexibility index (Phi) is 4.31. The molecule has 1 atom stereocenters. The number of aliphatic hydroxyl groups is 1. The van der Waals surface area contributed by atoms with Crippen molar-refractivity contribution in [3.63, 3.8) is 0 Å². The van der Waals surface area contributed by atoms with Gasteiger partial charge in [-0.2, -0.15) is 5.01 Å². The molecule has 0 fully saturated rings. The summed E-state index contributed by atoms with van der Waals surface area (Å²) in [4.78, 5) is 10.9. The minimum absolute atomic E-state index is 0.543. The van der Waals surface area contributed by atoms with Crippen molar-refractivity contribution < 1.29 is 14.6 Å². The lowest BCUT2D eigenvalue weighted by atomic mass is 10.5. The Balaban J connectivity index is 4.17. The van der Waals surface area contributed by atoms with Crippen LogP contribution in [0.3, 0.4) is 0 Å². The van der Waals surface area contributed by atoms with Crippen molar-refractivity contribution in [2.24, 2.45) is 0 Å². The van der Waals surface area contributed by atoms with Crippen molar-refractivity contribution in [1.82, 2.24) is 10.0 Å². The van der Waals surface area contributed by atoms with Crippen molar-refractivity contribution in [2.45, 2.75) is 6.23 Å². The number of aliphatic hydroxyl groups excluding tert-OH is 1. The quantitative estimate of drug-likeness (QED) is 0.373. The zero-order valence-electron chi connectivity index (χ0n) is 7.52. The van der Waals surface area contributed by atoms with Crippen molar-refractivity contribution in [3.8, 4) is 0 Å². The first-order chi connectivity index (χ1) is 5.54. The van der Waals surface area contributed by atoms with Crippen LogP contribution in [-0.2, 0) is 4.74 Å². The van der Waals surface area contributed by atoms with Crippen molar-refractivity contribution in [3.05, 3.63) is 12.7 Å². The van der Waals surface area contributed by atoms with Crippen LogP contribution in [0.2, 0.25) is 0 Å². The number of nitrogens with zero attached hydrogens (tertiary/aromatic N) is 2. The zero-order valence-corrected chi connectivity index (χ0v) is 7.52. The summed E-state index contributed by atoms with van der Waals surface area (Å²) in [7, 11) is 4.30. The Morgan fingerprint density at radius 2 is 2.17 bits per heavy atom. The van der Waals surface area contributed by atoms with E-state index in [1.54, 1.807) is 7.05 Å². The van der Waals surface area contributed by atoms with Gasteiger partial charge in [-0.05, 0) is 6.08 Å². The predicted octanol–water partition coefficient (Wildman–Crippen LogP) is 0.0358. The van der Waals surface area contributed by atoms with E-state index in [0.717, 1.165) is 5.01 Å². The van der Waals surface area contributed by atoms with Crippen LogP contribution in [0, 0.1) is 0 Å². The fraction of sp³-hybridized carbons (Fsp3) is 0.571. The molecule has 0 bridgehead atoms. The molecule has 0 aliphatic heterocycles. The van der Waals surface area contributed by atoms with Crippen molar-refractivity contribution >= 4 is 6.09 Å². The highest BCUT2D eigenvalue weighted by atomic mass is 16.5. The van der Waals surface area contributed by atoms with Gasteiger partial charge in [-0.15, -0.1) is 0 Å². The average molecular weight is 174 g/mol. The molecule has 0 aromatic heterocycles. The van der Waals surface area contributed by atoms with Crippen LogP contribution in [0.4, 0.5) is 4.79 Å². The minimum Gasteiger partial charge on any atom is -0.452 e. The van der Waals surface area contributed by atoms with E-state index in [1.165, 1.54) is 25.2 Å². The van der Waals surface area contributed by atoms with Crippen LogP contribution in [0.15, 0.2) is 12.7 Å². The summed E-state index contributed by atoms with van der Waals surface area (Å²) < 4.78 is 4.43. The predicted molar refractivity (Wildman–Crippen MR) is 44.1 cm³/mol. The maximum Gasteiger partial charge on any atom is 0.423 e. The van der Waals surface area contributed by atoms with Gasteiger partial charge in [0.05, 0.1) is 7.11 Å². The van der Waals surface area contributed by atoms with Crippen LogP contribution >= 0.6 is 0 Å². The smallest absolute Gasteiger partial charge is 0.423 e. The molecule has 5 nitrogen and oxygen atoms in total. The van der Waals surface area contributed by atoms with E-state index >= 15 is 0 Å². The maximum absolute atomic E-state index is 10.9. The summed E-state index contributed by atoms with van der Waals surface area (Å²) in [6, 6.07) is 0. The van der Waals surface area contributed by atoms with Crippen LogP contribution in [0.25, 0.3) is 0 Å². The first-order valence-electron chi connectivity index (χ1n) is 3.39. The Bertz CT molecular complexity index is 172. The largest absolute Gasteiger partial charge is 0.452 e. The number of amides is 1. The third kappa shape index (κ3) is 2.52. The Morgan fingerprint density at radius 3 is 2.50 bits per heavy atom. The first kappa shape index (κ1) is 10.9. The summed E-state index contributed by atoms with van der Waals surface area (Å²) >= 11 is 0.